The summed E-state index contributed by atoms with van der Waals surface area (Å²) in [6, 6.07) is 9.59. The molecule has 11 nitrogen and oxygen atoms in total. The number of ether oxygens (including phenoxy) is 2. The zero-order valence-electron chi connectivity index (χ0n) is 23.1. The van der Waals surface area contributed by atoms with Gasteiger partial charge in [-0.3, -0.25) is 9.10 Å². The highest BCUT2D eigenvalue weighted by atomic mass is 32.2. The molecule has 1 aliphatic heterocycles. The molecule has 2 aromatic carbocycles. The van der Waals surface area contributed by atoms with Crippen molar-refractivity contribution in [3.63, 3.8) is 0 Å². The van der Waals surface area contributed by atoms with E-state index in [0.29, 0.717) is 54.8 Å². The van der Waals surface area contributed by atoms with Crippen molar-refractivity contribution in [2.45, 2.75) is 38.5 Å². The summed E-state index contributed by atoms with van der Waals surface area (Å²) in [5.74, 6) is -0.697. The topological polar surface area (TPSA) is 135 Å². The van der Waals surface area contributed by atoms with Crippen molar-refractivity contribution in [2.75, 3.05) is 42.3 Å². The van der Waals surface area contributed by atoms with Crippen LogP contribution >= 0.6 is 0 Å². The van der Waals surface area contributed by atoms with Crippen LogP contribution < -0.4 is 25.0 Å². The molecule has 15 heteroatoms. The number of hydrogen-bond acceptors (Lipinski definition) is 9. The van der Waals surface area contributed by atoms with Crippen molar-refractivity contribution in [3.8, 4) is 5.75 Å². The van der Waals surface area contributed by atoms with Crippen LogP contribution in [-0.2, 0) is 28.3 Å². The number of hydrogen-bond donors (Lipinski definition) is 4. The predicted molar refractivity (Wildman–Crippen MR) is 152 cm³/mol. The number of benzene rings is 2. The van der Waals surface area contributed by atoms with Crippen LogP contribution in [0.3, 0.4) is 0 Å². The number of halogens is 3. The number of aromatic nitrogens is 2. The average molecular weight is 609 g/mol. The molecule has 42 heavy (non-hydrogen) atoms. The molecule has 1 amide bonds. The Morgan fingerprint density at radius 3 is 2.57 bits per heavy atom. The largest absolute Gasteiger partial charge is 0.495 e. The number of carbonyl (C=O) groups is 1. The second kappa shape index (κ2) is 13.2. The molecule has 1 saturated heterocycles. The number of thiol groups is 1. The van der Waals surface area contributed by atoms with Gasteiger partial charge in [-0.2, -0.15) is 18.2 Å². The standard InChI is InChI=1S/C27H31F3N6O5S/c1-16-4-5-18(22(12-16)36(2)42(38)39)14-31-24-20(27(28,29)30)15-32-26(35-24)34-21-7-6-17(13-23(21)40-3)25(37)33-19-8-10-41-11-9-19/h4-7,12-13,15,19,42H,8-11,14H2,1-3H3,(H,33,37)(H2,31,32,34,35). The lowest BCUT2D eigenvalue weighted by molar-refractivity contribution is -0.137. The summed E-state index contributed by atoms with van der Waals surface area (Å²) in [6.45, 7) is 2.77. The first-order valence-corrected chi connectivity index (χ1v) is 14.1. The number of rotatable bonds is 10. The molecule has 0 saturated carbocycles. The van der Waals surface area contributed by atoms with Crippen LogP contribution in [-0.4, -0.2) is 57.7 Å². The normalized spacial score (nSPS) is 14.0. The number of carbonyl (C=O) groups excluding carboxylic acids is 1. The van der Waals surface area contributed by atoms with E-state index in [0.717, 1.165) is 9.87 Å². The van der Waals surface area contributed by atoms with E-state index in [9.17, 15) is 26.4 Å². The Balaban J connectivity index is 1.57. The molecule has 0 unspecified atom stereocenters. The van der Waals surface area contributed by atoms with Gasteiger partial charge < -0.3 is 25.4 Å². The van der Waals surface area contributed by atoms with Gasteiger partial charge in [-0.15, -0.1) is 0 Å². The summed E-state index contributed by atoms with van der Waals surface area (Å²) in [4.78, 5) is 20.6. The van der Waals surface area contributed by atoms with Crippen LogP contribution in [0, 0.1) is 6.92 Å². The van der Waals surface area contributed by atoms with Gasteiger partial charge in [0.15, 0.2) is 0 Å². The van der Waals surface area contributed by atoms with Crippen LogP contribution in [0.5, 0.6) is 5.75 Å². The fourth-order valence-corrected chi connectivity index (χ4v) is 4.70. The maximum atomic E-state index is 13.8. The van der Waals surface area contributed by atoms with Gasteiger partial charge in [-0.1, -0.05) is 12.1 Å². The molecule has 226 valence electrons. The maximum Gasteiger partial charge on any atom is 0.421 e. The van der Waals surface area contributed by atoms with Gasteiger partial charge in [-0.25, -0.2) is 13.4 Å². The van der Waals surface area contributed by atoms with Gasteiger partial charge >= 0.3 is 6.18 Å². The van der Waals surface area contributed by atoms with Gasteiger partial charge in [0.2, 0.25) is 16.8 Å². The lowest BCUT2D eigenvalue weighted by Gasteiger charge is -2.23. The van der Waals surface area contributed by atoms with Crippen molar-refractivity contribution in [2.24, 2.45) is 0 Å². The summed E-state index contributed by atoms with van der Waals surface area (Å²) >= 11 is 0. The van der Waals surface area contributed by atoms with Gasteiger partial charge in [0.05, 0.1) is 18.5 Å². The monoisotopic (exact) mass is 608 g/mol. The van der Waals surface area contributed by atoms with E-state index < -0.39 is 28.4 Å². The first-order chi connectivity index (χ1) is 20.0. The van der Waals surface area contributed by atoms with Crippen LogP contribution in [0.15, 0.2) is 42.6 Å². The molecule has 0 atom stereocenters. The molecule has 1 fully saturated rings. The third-order valence-corrected chi connectivity index (χ3v) is 7.35. The second-order valence-corrected chi connectivity index (χ2v) is 10.7. The van der Waals surface area contributed by atoms with E-state index in [1.54, 1.807) is 37.3 Å². The number of amides is 1. The van der Waals surface area contributed by atoms with Gasteiger partial charge in [0.25, 0.3) is 5.91 Å². The lowest BCUT2D eigenvalue weighted by Crippen LogP contribution is -2.38. The summed E-state index contributed by atoms with van der Waals surface area (Å²) in [5.41, 5.74) is 1.12. The minimum atomic E-state index is -4.76. The Kier molecular flexibility index (Phi) is 9.73. The van der Waals surface area contributed by atoms with E-state index in [4.69, 9.17) is 9.47 Å². The van der Waals surface area contributed by atoms with E-state index in [2.05, 4.69) is 25.9 Å². The zero-order chi connectivity index (χ0) is 30.4. The van der Waals surface area contributed by atoms with Gasteiger partial charge in [0.1, 0.15) is 17.1 Å². The quantitative estimate of drug-likeness (QED) is 0.252. The molecule has 0 bridgehead atoms. The van der Waals surface area contributed by atoms with Crippen LogP contribution in [0.4, 0.5) is 36.3 Å². The van der Waals surface area contributed by atoms with Gasteiger partial charge in [0, 0.05) is 44.6 Å². The molecular weight excluding hydrogens is 577 g/mol. The first-order valence-electron chi connectivity index (χ1n) is 13.0. The molecule has 1 aliphatic rings. The molecule has 3 N–H and O–H groups in total. The van der Waals surface area contributed by atoms with E-state index in [1.165, 1.54) is 20.2 Å². The highest BCUT2D eigenvalue weighted by Gasteiger charge is 2.35. The number of nitrogens with zero attached hydrogens (tertiary/aromatic N) is 3. The molecule has 0 radical (unpaired) electrons. The Bertz CT molecular complexity index is 1500. The number of alkyl halides is 3. The van der Waals surface area contributed by atoms with E-state index >= 15 is 0 Å². The Morgan fingerprint density at radius 1 is 1.17 bits per heavy atom. The highest BCUT2D eigenvalue weighted by Crippen LogP contribution is 2.35. The summed E-state index contributed by atoms with van der Waals surface area (Å²) in [5, 5.41) is 8.49. The smallest absolute Gasteiger partial charge is 0.421 e. The van der Waals surface area contributed by atoms with Crippen LogP contribution in [0.2, 0.25) is 0 Å². The molecule has 3 aromatic rings. The fraction of sp³-hybridized carbons (Fsp3) is 0.370. The van der Waals surface area contributed by atoms with Crippen molar-refractivity contribution in [1.29, 1.82) is 0 Å². The molecular formula is C27H31F3N6O5S. The van der Waals surface area contributed by atoms with Crippen LogP contribution in [0.25, 0.3) is 0 Å². The summed E-state index contributed by atoms with van der Waals surface area (Å²) < 4.78 is 76.3. The van der Waals surface area contributed by atoms with Crippen molar-refractivity contribution >= 4 is 39.9 Å². The third-order valence-electron chi connectivity index (χ3n) is 6.64. The molecule has 0 spiro atoms. The van der Waals surface area contributed by atoms with E-state index in [-0.39, 0.29) is 30.2 Å². The first kappa shape index (κ1) is 30.8. The Labute approximate surface area is 242 Å². The van der Waals surface area contributed by atoms with E-state index in [1.807, 2.05) is 0 Å². The number of aryl methyl sites for hydroxylation is 1. The van der Waals surface area contributed by atoms with Crippen molar-refractivity contribution in [1.82, 2.24) is 15.3 Å². The highest BCUT2D eigenvalue weighted by molar-refractivity contribution is 7.74. The summed E-state index contributed by atoms with van der Waals surface area (Å²) in [7, 11) is -0.210. The molecule has 4 rings (SSSR count). The average Bonchev–Trinajstić information content (AvgIpc) is 2.96. The molecule has 1 aromatic heterocycles. The minimum Gasteiger partial charge on any atom is -0.495 e. The third kappa shape index (κ3) is 7.59. The van der Waals surface area contributed by atoms with Crippen LogP contribution in [0.1, 0.15) is 39.9 Å². The van der Waals surface area contributed by atoms with Crippen molar-refractivity contribution in [3.05, 3.63) is 64.8 Å². The number of methoxy groups -OCH3 is 1. The molecule has 0 aliphatic carbocycles. The fourth-order valence-electron chi connectivity index (χ4n) is 4.34. The minimum absolute atomic E-state index is 0.000844. The Hall–Kier alpha value is -4.11. The predicted octanol–water partition coefficient (Wildman–Crippen LogP) is 4.04. The van der Waals surface area contributed by atoms with Gasteiger partial charge in [-0.05, 0) is 55.2 Å². The maximum absolute atomic E-state index is 13.8. The van der Waals surface area contributed by atoms with Crippen molar-refractivity contribution < 1.29 is 35.9 Å². The second-order valence-electron chi connectivity index (χ2n) is 9.60. The SMILES string of the molecule is COc1cc(C(=O)NC2CCOCC2)ccc1Nc1ncc(C(F)(F)F)c(NCc2ccc(C)cc2N(C)[SH](=O)=O)n1. The number of anilines is 4. The Morgan fingerprint density at radius 2 is 1.90 bits per heavy atom. The summed E-state index contributed by atoms with van der Waals surface area (Å²) in [6.07, 6.45) is -2.69. The molecule has 2 heterocycles. The number of nitrogens with one attached hydrogen (secondary N) is 3. The zero-order valence-corrected chi connectivity index (χ0v) is 24.0. The lowest BCUT2D eigenvalue weighted by atomic mass is 10.1.